The molecule has 1 saturated carbocycles. The normalized spacial score (nSPS) is 21.7. The summed E-state index contributed by atoms with van der Waals surface area (Å²) in [7, 11) is 0. The summed E-state index contributed by atoms with van der Waals surface area (Å²) < 4.78 is 6.78. The summed E-state index contributed by atoms with van der Waals surface area (Å²) in [6, 6.07) is 3.60. The van der Waals surface area contributed by atoms with E-state index in [9.17, 15) is 4.79 Å². The number of hydrogen-bond acceptors (Lipinski definition) is 4. The summed E-state index contributed by atoms with van der Waals surface area (Å²) in [4.78, 5) is 19.5. The predicted molar refractivity (Wildman–Crippen MR) is 87.6 cm³/mol. The molecule has 2 fully saturated rings. The Hall–Kier alpha value is -1.17. The summed E-state index contributed by atoms with van der Waals surface area (Å²) in [5.41, 5.74) is 0.793. The number of amides is 1. The number of rotatable bonds is 4. The van der Waals surface area contributed by atoms with Gasteiger partial charge >= 0.3 is 0 Å². The summed E-state index contributed by atoms with van der Waals surface area (Å²) in [5, 5.41) is 0.654. The molecule has 2 aromatic rings. The van der Waals surface area contributed by atoms with Gasteiger partial charge in [-0.1, -0.05) is 11.6 Å². The molecule has 116 valence electrons. The van der Waals surface area contributed by atoms with Crippen LogP contribution in [0.1, 0.15) is 28.9 Å². The van der Waals surface area contributed by atoms with Crippen molar-refractivity contribution in [3.05, 3.63) is 28.2 Å². The van der Waals surface area contributed by atoms with Gasteiger partial charge < -0.3 is 9.64 Å². The van der Waals surface area contributed by atoms with Crippen molar-refractivity contribution in [2.75, 3.05) is 19.7 Å². The van der Waals surface area contributed by atoms with Crippen molar-refractivity contribution < 1.29 is 9.53 Å². The van der Waals surface area contributed by atoms with Crippen LogP contribution < -0.4 is 0 Å². The first-order valence-electron chi connectivity index (χ1n) is 7.65. The zero-order valence-corrected chi connectivity index (χ0v) is 13.7. The lowest BCUT2D eigenvalue weighted by Gasteiger charge is -2.15. The van der Waals surface area contributed by atoms with Gasteiger partial charge in [-0.15, -0.1) is 11.3 Å². The maximum atomic E-state index is 12.6. The van der Waals surface area contributed by atoms with Gasteiger partial charge in [0.25, 0.3) is 5.91 Å². The molecule has 6 heteroatoms. The monoisotopic (exact) mass is 336 g/mol. The molecule has 1 atom stereocenters. The average molecular weight is 337 g/mol. The Kier molecular flexibility index (Phi) is 3.80. The molecule has 0 spiro atoms. The third-order valence-electron chi connectivity index (χ3n) is 4.27. The third-order valence-corrected chi connectivity index (χ3v) is 5.84. The first kappa shape index (κ1) is 14.4. The molecule has 0 radical (unpaired) electrons. The number of nitrogens with zero attached hydrogens (tertiary/aromatic N) is 2. The minimum Gasteiger partial charge on any atom is -0.376 e. The van der Waals surface area contributed by atoms with E-state index in [0.29, 0.717) is 16.4 Å². The first-order valence-corrected chi connectivity index (χ1v) is 8.85. The number of likely N-dealkylation sites (tertiary alicyclic amines) is 1. The van der Waals surface area contributed by atoms with Crippen molar-refractivity contribution in [1.82, 2.24) is 9.88 Å². The van der Waals surface area contributed by atoms with Crippen LogP contribution in [0.3, 0.4) is 0 Å². The predicted octanol–water partition coefficient (Wildman–Crippen LogP) is 3.59. The fourth-order valence-electron chi connectivity index (χ4n) is 2.77. The molecule has 1 aliphatic heterocycles. The van der Waals surface area contributed by atoms with E-state index < -0.39 is 0 Å². The van der Waals surface area contributed by atoms with Crippen LogP contribution in [0.4, 0.5) is 0 Å². The molecule has 1 saturated heterocycles. The molecule has 0 aromatic carbocycles. The largest absolute Gasteiger partial charge is 0.376 e. The van der Waals surface area contributed by atoms with Crippen LogP contribution in [0.5, 0.6) is 0 Å². The van der Waals surface area contributed by atoms with Crippen LogP contribution in [-0.4, -0.2) is 41.6 Å². The van der Waals surface area contributed by atoms with E-state index >= 15 is 0 Å². The number of ether oxygens (including phenoxy) is 1. The van der Waals surface area contributed by atoms with Crippen LogP contribution in [0, 0.1) is 5.92 Å². The summed E-state index contributed by atoms with van der Waals surface area (Å²) >= 11 is 7.58. The molecule has 1 amide bonds. The van der Waals surface area contributed by atoms with Gasteiger partial charge in [0.2, 0.25) is 0 Å². The molecule has 2 aromatic heterocycles. The molecule has 2 aliphatic rings. The Labute approximate surface area is 138 Å². The standard InChI is InChI=1S/C16H17ClN2O2S/c17-12-3-5-18-13-7-14(22-15(12)13)16(20)19-6-4-11(8-19)21-9-10-1-2-10/h3,5,7,10-11H,1-2,4,6,8-9H2/t11-/m0/s1. The van der Waals surface area contributed by atoms with Crippen LogP contribution in [-0.2, 0) is 4.74 Å². The molecular weight excluding hydrogens is 320 g/mol. The molecule has 1 aliphatic carbocycles. The van der Waals surface area contributed by atoms with E-state index in [2.05, 4.69) is 4.98 Å². The van der Waals surface area contributed by atoms with Crippen molar-refractivity contribution in [3.8, 4) is 0 Å². The molecule has 4 nitrogen and oxygen atoms in total. The van der Waals surface area contributed by atoms with Gasteiger partial charge in [0.15, 0.2) is 0 Å². The zero-order valence-electron chi connectivity index (χ0n) is 12.1. The number of pyridine rings is 1. The van der Waals surface area contributed by atoms with Crippen LogP contribution in [0.25, 0.3) is 10.2 Å². The van der Waals surface area contributed by atoms with Crippen molar-refractivity contribution >= 4 is 39.1 Å². The summed E-state index contributed by atoms with van der Waals surface area (Å²) in [6.07, 6.45) is 5.39. The SMILES string of the molecule is O=C(c1cc2nccc(Cl)c2s1)N1CC[C@H](OCC2CC2)C1. The lowest BCUT2D eigenvalue weighted by molar-refractivity contribution is 0.0482. The van der Waals surface area contributed by atoms with E-state index in [1.54, 1.807) is 12.3 Å². The number of carbonyl (C=O) groups is 1. The molecule has 0 N–H and O–H groups in total. The second-order valence-electron chi connectivity index (χ2n) is 6.06. The lowest BCUT2D eigenvalue weighted by Crippen LogP contribution is -2.29. The van der Waals surface area contributed by atoms with Gasteiger partial charge in [-0.25, -0.2) is 0 Å². The summed E-state index contributed by atoms with van der Waals surface area (Å²) in [5.74, 6) is 0.831. The Morgan fingerprint density at radius 1 is 1.45 bits per heavy atom. The van der Waals surface area contributed by atoms with Crippen molar-refractivity contribution in [3.63, 3.8) is 0 Å². The molecule has 0 bridgehead atoms. The van der Waals surface area contributed by atoms with Gasteiger partial charge in [0, 0.05) is 25.9 Å². The highest BCUT2D eigenvalue weighted by atomic mass is 35.5. The van der Waals surface area contributed by atoms with Crippen molar-refractivity contribution in [2.45, 2.75) is 25.4 Å². The maximum absolute atomic E-state index is 12.6. The topological polar surface area (TPSA) is 42.4 Å². The Bertz CT molecular complexity index is 713. The van der Waals surface area contributed by atoms with Gasteiger partial charge in [0.05, 0.1) is 26.2 Å². The van der Waals surface area contributed by atoms with Gasteiger partial charge in [-0.2, -0.15) is 0 Å². The molecule has 4 rings (SSSR count). The fraction of sp³-hybridized carbons (Fsp3) is 0.500. The minimum atomic E-state index is 0.0663. The highest BCUT2D eigenvalue weighted by molar-refractivity contribution is 7.21. The van der Waals surface area contributed by atoms with Crippen molar-refractivity contribution in [2.24, 2.45) is 5.92 Å². The Morgan fingerprint density at radius 3 is 3.09 bits per heavy atom. The number of carbonyl (C=O) groups excluding carboxylic acids is 1. The number of aromatic nitrogens is 1. The second-order valence-corrected chi connectivity index (χ2v) is 7.52. The van der Waals surface area contributed by atoms with E-state index in [1.165, 1.54) is 24.2 Å². The highest BCUT2D eigenvalue weighted by Gasteiger charge is 2.30. The van der Waals surface area contributed by atoms with Crippen LogP contribution in [0.15, 0.2) is 18.3 Å². The molecule has 0 unspecified atom stereocenters. The Morgan fingerprint density at radius 2 is 2.32 bits per heavy atom. The van der Waals surface area contributed by atoms with Gasteiger partial charge in [-0.3, -0.25) is 9.78 Å². The van der Waals surface area contributed by atoms with E-state index in [4.69, 9.17) is 16.3 Å². The van der Waals surface area contributed by atoms with E-state index in [0.717, 1.165) is 35.7 Å². The fourth-order valence-corrected chi connectivity index (χ4v) is 4.03. The quantitative estimate of drug-likeness (QED) is 0.856. The van der Waals surface area contributed by atoms with Crippen molar-refractivity contribution in [1.29, 1.82) is 0 Å². The summed E-state index contributed by atoms with van der Waals surface area (Å²) in [6.45, 7) is 2.32. The number of thiophene rings is 1. The lowest BCUT2D eigenvalue weighted by atomic mass is 10.3. The highest BCUT2D eigenvalue weighted by Crippen LogP contribution is 2.32. The Balaban J connectivity index is 1.45. The number of halogens is 1. The van der Waals surface area contributed by atoms with Gasteiger partial charge in [-0.05, 0) is 37.3 Å². The second kappa shape index (κ2) is 5.80. The molecule has 22 heavy (non-hydrogen) atoms. The molecule has 3 heterocycles. The number of hydrogen-bond donors (Lipinski definition) is 0. The molecular formula is C16H17ClN2O2S. The third kappa shape index (κ3) is 2.85. The van der Waals surface area contributed by atoms with E-state index in [1.807, 2.05) is 11.0 Å². The maximum Gasteiger partial charge on any atom is 0.264 e. The van der Waals surface area contributed by atoms with Gasteiger partial charge in [0.1, 0.15) is 0 Å². The van der Waals surface area contributed by atoms with Crippen LogP contribution >= 0.6 is 22.9 Å². The average Bonchev–Trinajstić information content (AvgIpc) is 3.05. The smallest absolute Gasteiger partial charge is 0.264 e. The first-order chi connectivity index (χ1) is 10.7. The van der Waals surface area contributed by atoms with Crippen LogP contribution in [0.2, 0.25) is 5.02 Å². The zero-order chi connectivity index (χ0) is 15.1. The number of fused-ring (bicyclic) bond motifs is 1. The minimum absolute atomic E-state index is 0.0663. The van der Waals surface area contributed by atoms with E-state index in [-0.39, 0.29) is 12.0 Å².